The minimum absolute atomic E-state index is 0.0514. The van der Waals surface area contributed by atoms with Crippen molar-refractivity contribution in [2.75, 3.05) is 6.61 Å². The molecule has 8 heteroatoms. The highest BCUT2D eigenvalue weighted by Gasteiger charge is 2.18. The van der Waals surface area contributed by atoms with Gasteiger partial charge in [0, 0.05) is 18.8 Å². The van der Waals surface area contributed by atoms with Gasteiger partial charge in [-0.3, -0.25) is 10.1 Å². The Labute approximate surface area is 122 Å². The second kappa shape index (κ2) is 7.72. The number of carbonyl (C=O) groups excluding carboxylic acids is 2. The molecule has 21 heavy (non-hydrogen) atoms. The number of nitrogens with one attached hydrogen (secondary N) is 2. The number of aromatic nitrogens is 3. The summed E-state index contributed by atoms with van der Waals surface area (Å²) in [5.74, 6) is -0.427. The van der Waals surface area contributed by atoms with Crippen molar-refractivity contribution in [3.05, 3.63) is 11.9 Å². The fraction of sp³-hybridized carbons (Fsp3) is 0.692. The molecule has 0 unspecified atom stereocenters. The largest absolute Gasteiger partial charge is 0.396 e. The maximum atomic E-state index is 11.7. The van der Waals surface area contributed by atoms with Crippen LogP contribution in [0.4, 0.5) is 4.79 Å². The fourth-order valence-electron chi connectivity index (χ4n) is 2.40. The van der Waals surface area contributed by atoms with E-state index < -0.39 is 11.9 Å². The lowest BCUT2D eigenvalue weighted by Gasteiger charge is -2.12. The number of imide groups is 1. The molecule has 1 heterocycles. The summed E-state index contributed by atoms with van der Waals surface area (Å²) in [4.78, 5) is 23.3. The van der Waals surface area contributed by atoms with Crippen molar-refractivity contribution in [2.45, 2.75) is 51.1 Å². The first-order valence-electron chi connectivity index (χ1n) is 7.27. The van der Waals surface area contributed by atoms with Gasteiger partial charge in [-0.05, 0) is 25.7 Å². The SMILES string of the molecule is O=C(Cn1cc(CCCO)nn1)NC(=O)NC1CCCC1. The molecule has 0 saturated heterocycles. The van der Waals surface area contributed by atoms with Crippen molar-refractivity contribution in [2.24, 2.45) is 0 Å². The number of urea groups is 1. The molecule has 8 nitrogen and oxygen atoms in total. The predicted molar refractivity (Wildman–Crippen MR) is 74.4 cm³/mol. The van der Waals surface area contributed by atoms with Gasteiger partial charge in [0.1, 0.15) is 6.54 Å². The molecule has 0 bridgehead atoms. The number of aryl methyl sites for hydroxylation is 1. The monoisotopic (exact) mass is 295 g/mol. The standard InChI is InChI=1S/C13H21N5O3/c19-7-3-6-11-8-18(17-16-11)9-12(20)15-13(21)14-10-4-1-2-5-10/h8,10,19H,1-7,9H2,(H2,14,15,20,21). The van der Waals surface area contributed by atoms with E-state index in [-0.39, 0.29) is 19.2 Å². The molecular weight excluding hydrogens is 274 g/mol. The molecule has 1 fully saturated rings. The molecule has 0 radical (unpaired) electrons. The summed E-state index contributed by atoms with van der Waals surface area (Å²) in [5.41, 5.74) is 0.715. The number of nitrogens with zero attached hydrogens (tertiary/aromatic N) is 3. The summed E-state index contributed by atoms with van der Waals surface area (Å²) in [5, 5.41) is 21.5. The molecule has 1 aliphatic carbocycles. The summed E-state index contributed by atoms with van der Waals surface area (Å²) in [7, 11) is 0. The Morgan fingerprint density at radius 1 is 1.38 bits per heavy atom. The first-order chi connectivity index (χ1) is 10.2. The van der Waals surface area contributed by atoms with E-state index in [1.54, 1.807) is 6.20 Å². The highest BCUT2D eigenvalue weighted by molar-refractivity contribution is 5.94. The zero-order valence-electron chi connectivity index (χ0n) is 11.9. The molecule has 2 rings (SSSR count). The molecule has 1 aromatic heterocycles. The summed E-state index contributed by atoms with van der Waals surface area (Å²) >= 11 is 0. The molecule has 0 aromatic carbocycles. The van der Waals surface area contributed by atoms with Gasteiger partial charge in [-0.1, -0.05) is 18.1 Å². The maximum absolute atomic E-state index is 11.7. The quantitative estimate of drug-likeness (QED) is 0.683. The van der Waals surface area contributed by atoms with E-state index in [9.17, 15) is 9.59 Å². The summed E-state index contributed by atoms with van der Waals surface area (Å²) in [6.07, 6.45) is 7.04. The number of aliphatic hydroxyl groups is 1. The molecule has 0 atom stereocenters. The molecule has 1 saturated carbocycles. The fourth-order valence-corrected chi connectivity index (χ4v) is 2.40. The average Bonchev–Trinajstić information content (AvgIpc) is 3.08. The number of rotatable bonds is 6. The average molecular weight is 295 g/mol. The van der Waals surface area contributed by atoms with E-state index in [1.165, 1.54) is 4.68 Å². The number of amides is 3. The van der Waals surface area contributed by atoms with E-state index in [2.05, 4.69) is 20.9 Å². The second-order valence-electron chi connectivity index (χ2n) is 5.24. The van der Waals surface area contributed by atoms with Crippen LogP contribution in [0.3, 0.4) is 0 Å². The van der Waals surface area contributed by atoms with Crippen LogP contribution in [0.5, 0.6) is 0 Å². The summed E-state index contributed by atoms with van der Waals surface area (Å²) in [6, 6.07) is -0.276. The van der Waals surface area contributed by atoms with E-state index >= 15 is 0 Å². The molecule has 0 spiro atoms. The number of aliphatic hydroxyl groups excluding tert-OH is 1. The van der Waals surface area contributed by atoms with Crippen molar-refractivity contribution in [1.82, 2.24) is 25.6 Å². The minimum Gasteiger partial charge on any atom is -0.396 e. The van der Waals surface area contributed by atoms with Crippen LogP contribution in [0.15, 0.2) is 6.20 Å². The van der Waals surface area contributed by atoms with Gasteiger partial charge < -0.3 is 10.4 Å². The van der Waals surface area contributed by atoms with E-state index in [1.807, 2.05) is 0 Å². The van der Waals surface area contributed by atoms with Crippen LogP contribution in [-0.4, -0.2) is 44.7 Å². The van der Waals surface area contributed by atoms with Crippen LogP contribution in [0.25, 0.3) is 0 Å². The van der Waals surface area contributed by atoms with Gasteiger partial charge in [-0.25, -0.2) is 9.48 Å². The lowest BCUT2D eigenvalue weighted by atomic mass is 10.2. The van der Waals surface area contributed by atoms with Crippen LogP contribution in [0, 0.1) is 0 Å². The maximum Gasteiger partial charge on any atom is 0.321 e. The third-order valence-electron chi connectivity index (χ3n) is 3.43. The Balaban J connectivity index is 1.73. The van der Waals surface area contributed by atoms with Crippen LogP contribution in [0.2, 0.25) is 0 Å². The van der Waals surface area contributed by atoms with E-state index in [0.29, 0.717) is 18.5 Å². The van der Waals surface area contributed by atoms with Gasteiger partial charge in [0.05, 0.1) is 5.69 Å². The van der Waals surface area contributed by atoms with Gasteiger partial charge in [0.25, 0.3) is 0 Å². The summed E-state index contributed by atoms with van der Waals surface area (Å²) < 4.78 is 1.38. The smallest absolute Gasteiger partial charge is 0.321 e. The topological polar surface area (TPSA) is 109 Å². The van der Waals surface area contributed by atoms with Crippen LogP contribution < -0.4 is 10.6 Å². The first-order valence-corrected chi connectivity index (χ1v) is 7.27. The Morgan fingerprint density at radius 3 is 2.86 bits per heavy atom. The molecule has 3 amide bonds. The third kappa shape index (κ3) is 5.14. The van der Waals surface area contributed by atoms with E-state index in [4.69, 9.17) is 5.11 Å². The normalized spacial score (nSPS) is 15.1. The van der Waals surface area contributed by atoms with Crippen molar-refractivity contribution in [3.63, 3.8) is 0 Å². The van der Waals surface area contributed by atoms with Crippen LogP contribution >= 0.6 is 0 Å². The Bertz CT molecular complexity index is 482. The summed E-state index contributed by atoms with van der Waals surface area (Å²) in [6.45, 7) is 0.0406. The second-order valence-corrected chi connectivity index (χ2v) is 5.24. The van der Waals surface area contributed by atoms with Crippen LogP contribution in [0.1, 0.15) is 37.8 Å². The third-order valence-corrected chi connectivity index (χ3v) is 3.43. The molecule has 1 aliphatic rings. The van der Waals surface area contributed by atoms with Gasteiger partial charge >= 0.3 is 6.03 Å². The number of carbonyl (C=O) groups is 2. The predicted octanol–water partition coefficient (Wildman–Crippen LogP) is -0.0286. The molecular formula is C13H21N5O3. The molecule has 1 aromatic rings. The van der Waals surface area contributed by atoms with Gasteiger partial charge in [0.2, 0.25) is 5.91 Å². The van der Waals surface area contributed by atoms with Gasteiger partial charge in [-0.2, -0.15) is 0 Å². The highest BCUT2D eigenvalue weighted by atomic mass is 16.3. The van der Waals surface area contributed by atoms with E-state index in [0.717, 1.165) is 25.7 Å². The highest BCUT2D eigenvalue weighted by Crippen LogP contribution is 2.17. The molecule has 116 valence electrons. The van der Waals surface area contributed by atoms with Crippen molar-refractivity contribution < 1.29 is 14.7 Å². The van der Waals surface area contributed by atoms with Crippen molar-refractivity contribution in [3.8, 4) is 0 Å². The zero-order valence-corrected chi connectivity index (χ0v) is 11.9. The first kappa shape index (κ1) is 15.4. The number of hydrogen-bond acceptors (Lipinski definition) is 5. The Kier molecular flexibility index (Phi) is 5.68. The Morgan fingerprint density at radius 2 is 2.14 bits per heavy atom. The molecule has 3 N–H and O–H groups in total. The molecule has 0 aliphatic heterocycles. The Hall–Kier alpha value is -1.96. The van der Waals surface area contributed by atoms with Gasteiger partial charge in [0.15, 0.2) is 0 Å². The zero-order chi connectivity index (χ0) is 15.1. The van der Waals surface area contributed by atoms with Gasteiger partial charge in [-0.15, -0.1) is 5.10 Å². The lowest BCUT2D eigenvalue weighted by Crippen LogP contribution is -2.44. The van der Waals surface area contributed by atoms with Crippen molar-refractivity contribution in [1.29, 1.82) is 0 Å². The minimum atomic E-state index is -0.451. The van der Waals surface area contributed by atoms with Crippen LogP contribution in [-0.2, 0) is 17.8 Å². The number of hydrogen-bond donors (Lipinski definition) is 3. The van der Waals surface area contributed by atoms with Crippen molar-refractivity contribution >= 4 is 11.9 Å². The lowest BCUT2D eigenvalue weighted by molar-refractivity contribution is -0.120.